The molecule has 1 aliphatic heterocycles. The number of amides is 1. The number of hydrogen-bond acceptors (Lipinski definition) is 5. The number of aryl methyl sites for hydroxylation is 1. The van der Waals surface area contributed by atoms with Crippen molar-refractivity contribution in [3.8, 4) is 0 Å². The van der Waals surface area contributed by atoms with Gasteiger partial charge in [0, 0.05) is 32.6 Å². The van der Waals surface area contributed by atoms with Gasteiger partial charge in [0.25, 0.3) is 0 Å². The Morgan fingerprint density at radius 2 is 1.40 bits per heavy atom. The van der Waals surface area contributed by atoms with Gasteiger partial charge in [0.05, 0.1) is 9.79 Å². The minimum absolute atomic E-state index is 0.0893. The fraction of sp³-hybridized carbons (Fsp3) is 0.480. The Bertz CT molecular complexity index is 1190. The molecular formula is C25H35N3O5S2. The summed E-state index contributed by atoms with van der Waals surface area (Å²) in [6.45, 7) is 5.87. The minimum Gasteiger partial charge on any atom is -0.356 e. The number of rotatable bonds is 12. The zero-order valence-corrected chi connectivity index (χ0v) is 22.0. The van der Waals surface area contributed by atoms with Crippen LogP contribution in [-0.4, -0.2) is 53.2 Å². The molecule has 0 aromatic heterocycles. The zero-order chi connectivity index (χ0) is 25.5. The first-order valence-electron chi connectivity index (χ1n) is 12.0. The van der Waals surface area contributed by atoms with Gasteiger partial charge in [-0.15, -0.1) is 0 Å². The van der Waals surface area contributed by atoms with Crippen LogP contribution < -0.4 is 10.0 Å². The lowest BCUT2D eigenvalue weighted by Crippen LogP contribution is -2.28. The van der Waals surface area contributed by atoms with E-state index < -0.39 is 20.0 Å². The first-order chi connectivity index (χ1) is 16.6. The molecule has 1 heterocycles. The Labute approximate surface area is 209 Å². The van der Waals surface area contributed by atoms with Gasteiger partial charge in [-0.25, -0.2) is 21.6 Å². The van der Waals surface area contributed by atoms with Crippen LogP contribution in [-0.2, 0) is 37.7 Å². The van der Waals surface area contributed by atoms with Gasteiger partial charge in [-0.1, -0.05) is 38.1 Å². The van der Waals surface area contributed by atoms with Crippen molar-refractivity contribution in [3.05, 3.63) is 59.7 Å². The molecule has 0 aliphatic carbocycles. The number of carbonyl (C=O) groups excluding carboxylic acids is 1. The van der Waals surface area contributed by atoms with Crippen molar-refractivity contribution < 1.29 is 21.6 Å². The molecule has 192 valence electrons. The molecule has 2 N–H and O–H groups in total. The molecule has 0 bridgehead atoms. The second-order valence-electron chi connectivity index (χ2n) is 9.24. The lowest BCUT2D eigenvalue weighted by Gasteiger charge is -2.15. The van der Waals surface area contributed by atoms with Crippen LogP contribution in [0.2, 0.25) is 0 Å². The number of sulfonamides is 2. The van der Waals surface area contributed by atoms with E-state index in [9.17, 15) is 21.6 Å². The Balaban J connectivity index is 1.41. The Morgan fingerprint density at radius 1 is 0.857 bits per heavy atom. The van der Waals surface area contributed by atoms with Crippen LogP contribution in [0.5, 0.6) is 0 Å². The largest absolute Gasteiger partial charge is 0.356 e. The minimum atomic E-state index is -3.52. The maximum Gasteiger partial charge on any atom is 0.243 e. The molecule has 2 aromatic carbocycles. The SMILES string of the molecule is CC(C)CNS(=O)(=O)c1ccc(CCC(=O)NCCc2ccc(S(=O)(=O)N3CCCC3)cc2)cc1. The van der Waals surface area contributed by atoms with Crippen molar-refractivity contribution >= 4 is 26.0 Å². The molecule has 0 spiro atoms. The second-order valence-corrected chi connectivity index (χ2v) is 12.9. The topological polar surface area (TPSA) is 113 Å². The van der Waals surface area contributed by atoms with Crippen molar-refractivity contribution in [2.24, 2.45) is 5.92 Å². The average Bonchev–Trinajstić information content (AvgIpc) is 3.38. The molecule has 3 rings (SSSR count). The van der Waals surface area contributed by atoms with E-state index in [1.54, 1.807) is 48.5 Å². The molecule has 0 atom stereocenters. The number of benzene rings is 2. The maximum absolute atomic E-state index is 12.6. The highest BCUT2D eigenvalue weighted by molar-refractivity contribution is 7.89. The fourth-order valence-corrected chi connectivity index (χ4v) is 6.52. The van der Waals surface area contributed by atoms with Crippen LogP contribution >= 0.6 is 0 Å². The summed E-state index contributed by atoms with van der Waals surface area (Å²) in [5, 5.41) is 2.88. The lowest BCUT2D eigenvalue weighted by atomic mass is 10.1. The van der Waals surface area contributed by atoms with Gasteiger partial charge in [-0.2, -0.15) is 4.31 Å². The van der Waals surface area contributed by atoms with Gasteiger partial charge in [0.15, 0.2) is 0 Å². The highest BCUT2D eigenvalue weighted by atomic mass is 32.2. The van der Waals surface area contributed by atoms with Gasteiger partial charge in [-0.05, 0) is 67.0 Å². The molecule has 35 heavy (non-hydrogen) atoms. The summed E-state index contributed by atoms with van der Waals surface area (Å²) in [4.78, 5) is 12.7. The lowest BCUT2D eigenvalue weighted by molar-refractivity contribution is -0.121. The fourth-order valence-electron chi connectivity index (χ4n) is 3.79. The highest BCUT2D eigenvalue weighted by Crippen LogP contribution is 2.21. The van der Waals surface area contributed by atoms with Crippen molar-refractivity contribution in [1.29, 1.82) is 0 Å². The van der Waals surface area contributed by atoms with E-state index in [-0.39, 0.29) is 16.7 Å². The third kappa shape index (κ3) is 7.86. The molecular weight excluding hydrogens is 486 g/mol. The monoisotopic (exact) mass is 521 g/mol. The van der Waals surface area contributed by atoms with Gasteiger partial charge in [0.1, 0.15) is 0 Å². The summed E-state index contributed by atoms with van der Waals surface area (Å²) in [7, 11) is -6.94. The van der Waals surface area contributed by atoms with Crippen LogP contribution in [0.4, 0.5) is 0 Å². The van der Waals surface area contributed by atoms with Crippen LogP contribution in [0, 0.1) is 5.92 Å². The predicted molar refractivity (Wildman–Crippen MR) is 136 cm³/mol. The number of nitrogens with zero attached hydrogens (tertiary/aromatic N) is 1. The van der Waals surface area contributed by atoms with Crippen molar-refractivity contribution in [3.63, 3.8) is 0 Å². The number of nitrogens with one attached hydrogen (secondary N) is 2. The van der Waals surface area contributed by atoms with Crippen LogP contribution in [0.15, 0.2) is 58.3 Å². The molecule has 10 heteroatoms. The zero-order valence-electron chi connectivity index (χ0n) is 20.4. The van der Waals surface area contributed by atoms with Crippen molar-refractivity contribution in [1.82, 2.24) is 14.3 Å². The maximum atomic E-state index is 12.6. The van der Waals surface area contributed by atoms with E-state index in [1.807, 2.05) is 13.8 Å². The summed E-state index contributed by atoms with van der Waals surface area (Å²) in [6.07, 6.45) is 3.21. The molecule has 2 aromatic rings. The predicted octanol–water partition coefficient (Wildman–Crippen LogP) is 2.70. The Kier molecular flexibility index (Phi) is 9.46. The molecule has 1 amide bonds. The summed E-state index contributed by atoms with van der Waals surface area (Å²) < 4.78 is 53.8. The van der Waals surface area contributed by atoms with E-state index in [1.165, 1.54) is 4.31 Å². The van der Waals surface area contributed by atoms with Crippen molar-refractivity contribution in [2.75, 3.05) is 26.2 Å². The van der Waals surface area contributed by atoms with E-state index in [0.29, 0.717) is 50.3 Å². The highest BCUT2D eigenvalue weighted by Gasteiger charge is 2.26. The van der Waals surface area contributed by atoms with Gasteiger partial charge >= 0.3 is 0 Å². The van der Waals surface area contributed by atoms with Crippen LogP contribution in [0.3, 0.4) is 0 Å². The van der Waals surface area contributed by atoms with Crippen LogP contribution in [0.25, 0.3) is 0 Å². The molecule has 1 saturated heterocycles. The standard InChI is InChI=1S/C25H35N3O5S2/c1-20(2)19-27-34(30,31)23-10-5-21(6-11-23)9-14-25(29)26-16-15-22-7-12-24(13-8-22)35(32,33)28-17-3-4-18-28/h5-8,10-13,20,27H,3-4,9,14-19H2,1-2H3,(H,26,29). The van der Waals surface area contributed by atoms with Crippen LogP contribution in [0.1, 0.15) is 44.2 Å². The summed E-state index contributed by atoms with van der Waals surface area (Å²) in [5.74, 6) is 0.131. The third-order valence-electron chi connectivity index (χ3n) is 5.92. The molecule has 8 nitrogen and oxygen atoms in total. The van der Waals surface area contributed by atoms with Gasteiger partial charge in [0.2, 0.25) is 26.0 Å². The Morgan fingerprint density at radius 3 is 1.97 bits per heavy atom. The van der Waals surface area contributed by atoms with E-state index in [0.717, 1.165) is 24.0 Å². The Hall–Kier alpha value is -2.27. The average molecular weight is 522 g/mol. The summed E-state index contributed by atoms with van der Waals surface area (Å²) in [6, 6.07) is 13.4. The third-order valence-corrected chi connectivity index (χ3v) is 9.27. The van der Waals surface area contributed by atoms with Crippen molar-refractivity contribution in [2.45, 2.75) is 55.7 Å². The van der Waals surface area contributed by atoms with E-state index in [2.05, 4.69) is 10.0 Å². The summed E-state index contributed by atoms with van der Waals surface area (Å²) >= 11 is 0. The first-order valence-corrected chi connectivity index (χ1v) is 14.9. The smallest absolute Gasteiger partial charge is 0.243 e. The molecule has 1 aliphatic rings. The van der Waals surface area contributed by atoms with E-state index >= 15 is 0 Å². The molecule has 0 saturated carbocycles. The van der Waals surface area contributed by atoms with E-state index in [4.69, 9.17) is 0 Å². The molecule has 0 radical (unpaired) electrons. The van der Waals surface area contributed by atoms with Gasteiger partial charge < -0.3 is 5.32 Å². The normalized spacial score (nSPS) is 14.9. The number of hydrogen-bond donors (Lipinski definition) is 2. The molecule has 0 unspecified atom stereocenters. The second kappa shape index (κ2) is 12.1. The van der Waals surface area contributed by atoms with Gasteiger partial charge in [-0.3, -0.25) is 4.79 Å². The quantitative estimate of drug-likeness (QED) is 0.446. The first kappa shape index (κ1) is 27.3. The summed E-state index contributed by atoms with van der Waals surface area (Å²) in [5.41, 5.74) is 1.84. The number of carbonyl (C=O) groups is 1. The molecule has 1 fully saturated rings.